The van der Waals surface area contributed by atoms with Crippen molar-refractivity contribution < 1.29 is 23.0 Å². The summed E-state index contributed by atoms with van der Waals surface area (Å²) in [6.07, 6.45) is -0.447. The molecule has 0 bridgehead atoms. The van der Waals surface area contributed by atoms with E-state index in [1.54, 1.807) is 71.6 Å². The summed E-state index contributed by atoms with van der Waals surface area (Å²) < 4.78 is 42.0. The lowest BCUT2D eigenvalue weighted by atomic mass is 10.0. The van der Waals surface area contributed by atoms with Gasteiger partial charge in [0, 0.05) is 23.4 Å². The van der Waals surface area contributed by atoms with Crippen LogP contribution in [0.15, 0.2) is 88.1 Å². The highest BCUT2D eigenvalue weighted by atomic mass is 32.2. The van der Waals surface area contributed by atoms with Crippen LogP contribution in [0.2, 0.25) is 0 Å². The Hall–Kier alpha value is -2.80. The summed E-state index contributed by atoms with van der Waals surface area (Å²) in [4.78, 5) is 0.186. The van der Waals surface area contributed by atoms with E-state index in [-0.39, 0.29) is 23.7 Å². The van der Waals surface area contributed by atoms with Crippen LogP contribution >= 0.6 is 23.1 Å². The van der Waals surface area contributed by atoms with Crippen molar-refractivity contribution in [1.29, 1.82) is 0 Å². The van der Waals surface area contributed by atoms with Gasteiger partial charge in [0.1, 0.15) is 5.01 Å². The zero-order valence-corrected chi connectivity index (χ0v) is 23.0. The standard InChI is InChI=1S/C27H27N3O5S3/c1-18-28-29-27(37-18)36-17-23-15-25(20-12-10-19(16-31)11-13-20)35-26(34-23)21-6-5-7-22(14-21)30-38(32,33)24-8-3-2-4-9-24/h2-14,23,25-26,30-31H,15-17H2,1H3/t23-,25+,26?/m0/s1. The highest BCUT2D eigenvalue weighted by Crippen LogP contribution is 2.40. The molecule has 11 heteroatoms. The quantitative estimate of drug-likeness (QED) is 0.255. The van der Waals surface area contributed by atoms with E-state index < -0.39 is 16.3 Å². The minimum atomic E-state index is -3.74. The molecule has 1 fully saturated rings. The van der Waals surface area contributed by atoms with Crippen molar-refractivity contribution >= 4 is 38.8 Å². The first-order chi connectivity index (χ1) is 18.4. The number of thioether (sulfide) groups is 1. The second kappa shape index (κ2) is 11.9. The van der Waals surface area contributed by atoms with Crippen LogP contribution in [0.3, 0.4) is 0 Å². The monoisotopic (exact) mass is 569 g/mol. The molecule has 0 saturated carbocycles. The summed E-state index contributed by atoms with van der Waals surface area (Å²) in [7, 11) is -3.74. The number of nitrogens with one attached hydrogen (secondary N) is 1. The van der Waals surface area contributed by atoms with Crippen LogP contribution < -0.4 is 4.72 Å². The second-order valence-electron chi connectivity index (χ2n) is 8.79. The molecule has 3 atom stereocenters. The van der Waals surface area contributed by atoms with E-state index in [4.69, 9.17) is 9.47 Å². The van der Waals surface area contributed by atoms with E-state index in [9.17, 15) is 13.5 Å². The van der Waals surface area contributed by atoms with Crippen molar-refractivity contribution in [1.82, 2.24) is 10.2 Å². The van der Waals surface area contributed by atoms with Gasteiger partial charge in [0.05, 0.1) is 23.7 Å². The van der Waals surface area contributed by atoms with E-state index in [2.05, 4.69) is 14.9 Å². The smallest absolute Gasteiger partial charge is 0.261 e. The van der Waals surface area contributed by atoms with Gasteiger partial charge in [0.15, 0.2) is 10.6 Å². The van der Waals surface area contributed by atoms with Crippen molar-refractivity contribution in [3.05, 3.63) is 101 Å². The van der Waals surface area contributed by atoms with Gasteiger partial charge in [-0.2, -0.15) is 0 Å². The largest absolute Gasteiger partial charge is 0.392 e. The number of hydrogen-bond acceptors (Lipinski definition) is 9. The van der Waals surface area contributed by atoms with E-state index in [1.807, 2.05) is 37.3 Å². The number of benzene rings is 3. The predicted molar refractivity (Wildman–Crippen MR) is 147 cm³/mol. The van der Waals surface area contributed by atoms with E-state index >= 15 is 0 Å². The number of aliphatic hydroxyl groups is 1. The summed E-state index contributed by atoms with van der Waals surface area (Å²) in [6.45, 7) is 1.90. The van der Waals surface area contributed by atoms with Gasteiger partial charge >= 0.3 is 0 Å². The molecule has 2 N–H and O–H groups in total. The molecule has 0 aliphatic carbocycles. The number of rotatable bonds is 9. The summed E-state index contributed by atoms with van der Waals surface area (Å²) >= 11 is 3.14. The molecule has 5 rings (SSSR count). The number of nitrogens with zero attached hydrogens (tertiary/aromatic N) is 2. The molecular weight excluding hydrogens is 543 g/mol. The Morgan fingerprint density at radius 2 is 1.79 bits per heavy atom. The molecule has 0 radical (unpaired) electrons. The first-order valence-corrected chi connectivity index (χ1v) is 15.3. The summed E-state index contributed by atoms with van der Waals surface area (Å²) in [5.74, 6) is 0.667. The molecule has 3 aromatic carbocycles. The van der Waals surface area contributed by atoms with Gasteiger partial charge in [0.2, 0.25) is 0 Å². The van der Waals surface area contributed by atoms with Gasteiger partial charge in [-0.1, -0.05) is 77.7 Å². The molecule has 0 amide bonds. The average molecular weight is 570 g/mol. The highest BCUT2D eigenvalue weighted by molar-refractivity contribution is 8.01. The number of anilines is 1. The second-order valence-corrected chi connectivity index (χ2v) is 12.9. The van der Waals surface area contributed by atoms with Gasteiger partial charge in [-0.3, -0.25) is 4.72 Å². The maximum Gasteiger partial charge on any atom is 0.261 e. The molecule has 8 nitrogen and oxygen atoms in total. The minimum Gasteiger partial charge on any atom is -0.392 e. The Balaban J connectivity index is 1.37. The van der Waals surface area contributed by atoms with Gasteiger partial charge in [-0.25, -0.2) is 8.42 Å². The van der Waals surface area contributed by atoms with Crippen molar-refractivity contribution in [3.8, 4) is 0 Å². The van der Waals surface area contributed by atoms with E-state index in [0.29, 0.717) is 23.4 Å². The first-order valence-electron chi connectivity index (χ1n) is 12.0. The van der Waals surface area contributed by atoms with Gasteiger partial charge in [-0.15, -0.1) is 10.2 Å². The number of aromatic nitrogens is 2. The van der Waals surface area contributed by atoms with Crippen LogP contribution in [0.25, 0.3) is 0 Å². The topological polar surface area (TPSA) is 111 Å². The normalized spacial score (nSPS) is 19.8. The molecule has 1 aromatic heterocycles. The summed E-state index contributed by atoms with van der Waals surface area (Å²) in [5.41, 5.74) is 2.94. The summed E-state index contributed by atoms with van der Waals surface area (Å²) in [5, 5.41) is 18.6. The molecular formula is C27H27N3O5S3. The molecule has 1 aliphatic rings. The molecule has 1 saturated heterocycles. The lowest BCUT2D eigenvalue weighted by molar-refractivity contribution is -0.245. The van der Waals surface area contributed by atoms with Crippen LogP contribution in [-0.4, -0.2) is 35.6 Å². The Morgan fingerprint density at radius 1 is 1.00 bits per heavy atom. The van der Waals surface area contributed by atoms with E-state index in [0.717, 1.165) is 20.5 Å². The average Bonchev–Trinajstić information content (AvgIpc) is 3.37. The number of hydrogen-bond donors (Lipinski definition) is 2. The molecule has 38 heavy (non-hydrogen) atoms. The molecule has 2 heterocycles. The van der Waals surface area contributed by atoms with Gasteiger partial charge in [0.25, 0.3) is 10.0 Å². The third-order valence-corrected chi connectivity index (χ3v) is 9.48. The zero-order chi connectivity index (χ0) is 26.5. The Kier molecular flexibility index (Phi) is 8.42. The van der Waals surface area contributed by atoms with Crippen LogP contribution in [0.5, 0.6) is 0 Å². The number of sulfonamides is 1. The highest BCUT2D eigenvalue weighted by Gasteiger charge is 2.32. The van der Waals surface area contributed by atoms with Crippen LogP contribution in [0, 0.1) is 6.92 Å². The van der Waals surface area contributed by atoms with Crippen molar-refractivity contribution in [2.75, 3.05) is 10.5 Å². The lowest BCUT2D eigenvalue weighted by Gasteiger charge is -2.36. The third kappa shape index (κ3) is 6.60. The fourth-order valence-electron chi connectivity index (χ4n) is 4.09. The molecule has 1 unspecified atom stereocenters. The third-order valence-electron chi connectivity index (χ3n) is 5.98. The van der Waals surface area contributed by atoms with Crippen LogP contribution in [-0.2, 0) is 26.1 Å². The Bertz CT molecular complexity index is 1460. The Labute approximate surface area is 230 Å². The SMILES string of the molecule is Cc1nnc(SC[C@@H]2C[C@H](c3ccc(CO)cc3)OC(c3cccc(NS(=O)(=O)c4ccccc4)c3)O2)s1. The zero-order valence-electron chi connectivity index (χ0n) is 20.6. The summed E-state index contributed by atoms with van der Waals surface area (Å²) in [6, 6.07) is 23.0. The number of ether oxygens (including phenoxy) is 2. The predicted octanol–water partition coefficient (Wildman–Crippen LogP) is 5.48. The number of aryl methyl sites for hydroxylation is 1. The van der Waals surface area contributed by atoms with Crippen molar-refractivity contribution in [3.63, 3.8) is 0 Å². The van der Waals surface area contributed by atoms with Crippen LogP contribution in [0.4, 0.5) is 5.69 Å². The van der Waals surface area contributed by atoms with E-state index in [1.165, 1.54) is 0 Å². The fraction of sp³-hybridized carbons (Fsp3) is 0.259. The number of aliphatic hydroxyl groups excluding tert-OH is 1. The molecule has 4 aromatic rings. The fourth-order valence-corrected chi connectivity index (χ4v) is 7.02. The molecule has 198 valence electrons. The first kappa shape index (κ1) is 26.8. The lowest BCUT2D eigenvalue weighted by Crippen LogP contribution is -2.31. The Morgan fingerprint density at radius 3 is 2.50 bits per heavy atom. The van der Waals surface area contributed by atoms with Gasteiger partial charge < -0.3 is 14.6 Å². The molecule has 0 spiro atoms. The van der Waals surface area contributed by atoms with Crippen LogP contribution in [0.1, 0.15) is 40.5 Å². The maximum atomic E-state index is 12.8. The van der Waals surface area contributed by atoms with Gasteiger partial charge in [-0.05, 0) is 42.3 Å². The van der Waals surface area contributed by atoms with Crippen molar-refractivity contribution in [2.45, 2.75) is 47.7 Å². The minimum absolute atomic E-state index is 0.0241. The molecule has 1 aliphatic heterocycles. The maximum absolute atomic E-state index is 12.8. The van der Waals surface area contributed by atoms with Crippen molar-refractivity contribution in [2.24, 2.45) is 0 Å².